The molecule has 1 amide bonds. The zero-order chi connectivity index (χ0) is 20.8. The number of hydrogen-bond acceptors (Lipinski definition) is 6. The van der Waals surface area contributed by atoms with Crippen molar-refractivity contribution in [1.82, 2.24) is 15.5 Å². The van der Waals surface area contributed by atoms with Crippen LogP contribution >= 0.6 is 0 Å². The minimum Gasteiger partial charge on any atom is -0.497 e. The molecular formula is C23H30N4O3. The fraction of sp³-hybridized carbons (Fsp3) is 0.435. The summed E-state index contributed by atoms with van der Waals surface area (Å²) in [4.78, 5) is 14.6. The maximum absolute atomic E-state index is 12.7. The number of rotatable bonds is 5. The highest BCUT2D eigenvalue weighted by atomic mass is 16.5. The van der Waals surface area contributed by atoms with Crippen LogP contribution in [0.1, 0.15) is 28.3 Å². The Morgan fingerprint density at radius 2 is 1.77 bits per heavy atom. The molecule has 2 aromatic carbocycles. The summed E-state index contributed by atoms with van der Waals surface area (Å²) in [5.74, 6) is 1.36. The molecule has 2 aliphatic rings. The number of carbonyl (C=O) groups excluding carboxylic acids is 1. The Morgan fingerprint density at radius 3 is 2.47 bits per heavy atom. The molecule has 0 aromatic heterocycles. The lowest BCUT2D eigenvalue weighted by molar-refractivity contribution is 0.0741. The van der Waals surface area contributed by atoms with Crippen LogP contribution in [0.5, 0.6) is 5.75 Å². The Balaban J connectivity index is 1.28. The Hall–Kier alpha value is -2.61. The minimum atomic E-state index is -0.0104. The van der Waals surface area contributed by atoms with E-state index in [2.05, 4.69) is 28.1 Å². The number of nitrogens with one attached hydrogen (secondary N) is 3. The maximum Gasteiger partial charge on any atom is 0.253 e. The molecule has 2 fully saturated rings. The molecule has 0 radical (unpaired) electrons. The molecule has 7 heteroatoms. The van der Waals surface area contributed by atoms with Gasteiger partial charge in [0.25, 0.3) is 5.91 Å². The van der Waals surface area contributed by atoms with Gasteiger partial charge in [0.15, 0.2) is 0 Å². The first-order valence-corrected chi connectivity index (χ1v) is 10.6. The molecule has 0 spiro atoms. The summed E-state index contributed by atoms with van der Waals surface area (Å²) < 4.78 is 10.7. The number of nitrogens with zero attached hydrogens (tertiary/aromatic N) is 1. The molecule has 0 unspecified atom stereocenters. The first-order valence-electron chi connectivity index (χ1n) is 10.6. The molecule has 7 nitrogen and oxygen atoms in total. The van der Waals surface area contributed by atoms with Crippen molar-refractivity contribution in [2.24, 2.45) is 0 Å². The lowest BCUT2D eigenvalue weighted by atomic mass is 9.97. The molecule has 0 bridgehead atoms. The monoisotopic (exact) mass is 410 g/mol. The lowest BCUT2D eigenvalue weighted by Gasteiger charge is -2.32. The van der Waals surface area contributed by atoms with Crippen molar-refractivity contribution in [3.63, 3.8) is 0 Å². The average molecular weight is 411 g/mol. The number of amides is 1. The number of carbonyl (C=O) groups is 1. The highest BCUT2D eigenvalue weighted by Crippen LogP contribution is 2.21. The molecule has 0 aliphatic carbocycles. The van der Waals surface area contributed by atoms with Crippen LogP contribution in [-0.2, 0) is 4.74 Å². The quantitative estimate of drug-likeness (QED) is 0.702. The van der Waals surface area contributed by atoms with Gasteiger partial charge in [0, 0.05) is 50.0 Å². The van der Waals surface area contributed by atoms with Crippen molar-refractivity contribution in [3.05, 3.63) is 59.7 Å². The second-order valence-corrected chi connectivity index (χ2v) is 7.70. The second kappa shape index (κ2) is 9.93. The molecule has 0 saturated carbocycles. The van der Waals surface area contributed by atoms with Crippen LogP contribution in [0.3, 0.4) is 0 Å². The van der Waals surface area contributed by atoms with Crippen molar-refractivity contribution >= 4 is 11.6 Å². The van der Waals surface area contributed by atoms with E-state index in [1.54, 1.807) is 7.11 Å². The Morgan fingerprint density at radius 1 is 1.03 bits per heavy atom. The van der Waals surface area contributed by atoms with E-state index in [0.717, 1.165) is 44.1 Å². The molecule has 0 atom stereocenters. The highest BCUT2D eigenvalue weighted by Gasteiger charge is 2.21. The smallest absolute Gasteiger partial charge is 0.253 e. The fourth-order valence-corrected chi connectivity index (χ4v) is 3.89. The SMILES string of the molecule is COc1ccc(C2CNC(Nc3ccc(C(=O)N4CCCOCC4)cc3)NC2)cc1. The number of anilines is 1. The third-order valence-electron chi connectivity index (χ3n) is 5.68. The largest absolute Gasteiger partial charge is 0.497 e. The molecule has 2 saturated heterocycles. The van der Waals surface area contributed by atoms with E-state index in [4.69, 9.17) is 9.47 Å². The molecule has 2 heterocycles. The summed E-state index contributed by atoms with van der Waals surface area (Å²) in [6.07, 6.45) is 0.880. The van der Waals surface area contributed by atoms with Crippen molar-refractivity contribution in [2.45, 2.75) is 18.6 Å². The Kier molecular flexibility index (Phi) is 6.84. The third-order valence-corrected chi connectivity index (χ3v) is 5.68. The van der Waals surface area contributed by atoms with E-state index in [1.807, 2.05) is 41.3 Å². The summed E-state index contributed by atoms with van der Waals surface area (Å²) >= 11 is 0. The Labute approximate surface area is 177 Å². The van der Waals surface area contributed by atoms with Crippen LogP contribution in [-0.4, -0.2) is 63.6 Å². The number of benzene rings is 2. The molecule has 30 heavy (non-hydrogen) atoms. The molecule has 2 aliphatic heterocycles. The van der Waals surface area contributed by atoms with E-state index in [9.17, 15) is 4.79 Å². The van der Waals surface area contributed by atoms with Crippen LogP contribution in [0.25, 0.3) is 0 Å². The van der Waals surface area contributed by atoms with Gasteiger partial charge in [0.2, 0.25) is 0 Å². The number of ether oxygens (including phenoxy) is 2. The zero-order valence-corrected chi connectivity index (χ0v) is 17.4. The van der Waals surface area contributed by atoms with Gasteiger partial charge in [-0.15, -0.1) is 0 Å². The van der Waals surface area contributed by atoms with Gasteiger partial charge in [-0.05, 0) is 48.4 Å². The van der Waals surface area contributed by atoms with Crippen LogP contribution in [0.2, 0.25) is 0 Å². The fourth-order valence-electron chi connectivity index (χ4n) is 3.89. The first-order chi connectivity index (χ1) is 14.7. The van der Waals surface area contributed by atoms with E-state index < -0.39 is 0 Å². The van der Waals surface area contributed by atoms with Crippen molar-refractivity contribution < 1.29 is 14.3 Å². The lowest BCUT2D eigenvalue weighted by Crippen LogP contribution is -2.55. The molecular weight excluding hydrogens is 380 g/mol. The van der Waals surface area contributed by atoms with Gasteiger partial charge in [-0.2, -0.15) is 0 Å². The van der Waals surface area contributed by atoms with Gasteiger partial charge in [-0.3, -0.25) is 15.4 Å². The van der Waals surface area contributed by atoms with E-state index >= 15 is 0 Å². The zero-order valence-electron chi connectivity index (χ0n) is 17.4. The van der Waals surface area contributed by atoms with E-state index in [0.29, 0.717) is 24.6 Å². The summed E-state index contributed by atoms with van der Waals surface area (Å²) in [6.45, 7) is 4.51. The van der Waals surface area contributed by atoms with E-state index in [1.165, 1.54) is 5.56 Å². The van der Waals surface area contributed by atoms with Crippen LogP contribution in [0.15, 0.2) is 48.5 Å². The summed E-state index contributed by atoms with van der Waals surface area (Å²) in [5, 5.41) is 10.4. The van der Waals surface area contributed by atoms with Gasteiger partial charge in [-0.25, -0.2) is 0 Å². The van der Waals surface area contributed by atoms with Gasteiger partial charge >= 0.3 is 0 Å². The van der Waals surface area contributed by atoms with Gasteiger partial charge in [0.05, 0.1) is 13.7 Å². The minimum absolute atomic E-state index is 0.0104. The summed E-state index contributed by atoms with van der Waals surface area (Å²) in [5.41, 5.74) is 2.97. The number of hydrogen-bond donors (Lipinski definition) is 3. The first kappa shape index (κ1) is 20.7. The van der Waals surface area contributed by atoms with Gasteiger partial charge in [-0.1, -0.05) is 12.1 Å². The van der Waals surface area contributed by atoms with Gasteiger partial charge < -0.3 is 19.7 Å². The Bertz CT molecular complexity index is 809. The molecule has 2 aromatic rings. The van der Waals surface area contributed by atoms with Crippen molar-refractivity contribution in [1.29, 1.82) is 0 Å². The topological polar surface area (TPSA) is 74.9 Å². The van der Waals surface area contributed by atoms with Crippen LogP contribution < -0.4 is 20.7 Å². The maximum atomic E-state index is 12.7. The molecule has 3 N–H and O–H groups in total. The number of methoxy groups -OCH3 is 1. The predicted molar refractivity (Wildman–Crippen MR) is 117 cm³/mol. The summed E-state index contributed by atoms with van der Waals surface area (Å²) in [6, 6.07) is 15.9. The van der Waals surface area contributed by atoms with Gasteiger partial charge in [0.1, 0.15) is 12.0 Å². The highest BCUT2D eigenvalue weighted by molar-refractivity contribution is 5.94. The van der Waals surface area contributed by atoms with Crippen LogP contribution in [0.4, 0.5) is 5.69 Å². The second-order valence-electron chi connectivity index (χ2n) is 7.70. The molecule has 160 valence electrons. The standard InChI is InChI=1S/C23H30N4O3/c1-29-21-9-5-17(6-10-21)19-15-24-23(25-16-19)26-20-7-3-18(4-8-20)22(28)27-11-2-13-30-14-12-27/h3-10,19,23-26H,2,11-16H2,1H3. The van der Waals surface area contributed by atoms with E-state index in [-0.39, 0.29) is 12.2 Å². The normalized spacial score (nSPS) is 22.2. The predicted octanol–water partition coefficient (Wildman–Crippen LogP) is 2.23. The molecule has 4 rings (SSSR count). The average Bonchev–Trinajstić information content (AvgIpc) is 3.09. The summed E-state index contributed by atoms with van der Waals surface area (Å²) in [7, 11) is 1.68. The third kappa shape index (κ3) is 5.11. The van der Waals surface area contributed by atoms with Crippen LogP contribution in [0, 0.1) is 0 Å². The van der Waals surface area contributed by atoms with Crippen molar-refractivity contribution in [3.8, 4) is 5.75 Å². The van der Waals surface area contributed by atoms with Crippen molar-refractivity contribution in [2.75, 3.05) is 51.8 Å².